The van der Waals surface area contributed by atoms with Gasteiger partial charge in [-0.25, -0.2) is 4.39 Å². The fourth-order valence-electron chi connectivity index (χ4n) is 1.96. The molecule has 1 aromatic rings. The van der Waals surface area contributed by atoms with Crippen molar-refractivity contribution in [2.75, 3.05) is 0 Å². The standard InChI is InChI=1S/C11H11F4N/c1-7-4-8(12)9(16-5-7)10(2-3-10)6-11(13,14)15/h4-5H,2-3,6H2,1H3. The Morgan fingerprint density at radius 3 is 2.44 bits per heavy atom. The lowest BCUT2D eigenvalue weighted by Gasteiger charge is -2.17. The second-order valence-corrected chi connectivity index (χ2v) is 4.42. The minimum absolute atomic E-state index is 0.0320. The normalized spacial score (nSPS) is 18.6. The molecular formula is C11H11F4N. The molecule has 88 valence electrons. The summed E-state index contributed by atoms with van der Waals surface area (Å²) < 4.78 is 50.5. The van der Waals surface area contributed by atoms with Gasteiger partial charge in [-0.05, 0) is 31.4 Å². The second kappa shape index (κ2) is 3.43. The lowest BCUT2D eigenvalue weighted by atomic mass is 9.96. The first-order valence-corrected chi connectivity index (χ1v) is 5.02. The summed E-state index contributed by atoms with van der Waals surface area (Å²) in [7, 11) is 0. The van der Waals surface area contributed by atoms with Crippen molar-refractivity contribution in [2.24, 2.45) is 0 Å². The molecule has 1 aliphatic carbocycles. The van der Waals surface area contributed by atoms with Gasteiger partial charge in [0.25, 0.3) is 0 Å². The smallest absolute Gasteiger partial charge is 0.257 e. The fraction of sp³-hybridized carbons (Fsp3) is 0.545. The summed E-state index contributed by atoms with van der Waals surface area (Å²) in [5, 5.41) is 0. The van der Waals surface area contributed by atoms with Gasteiger partial charge in [-0.2, -0.15) is 13.2 Å². The van der Waals surface area contributed by atoms with E-state index in [1.807, 2.05) is 0 Å². The first-order chi connectivity index (χ1) is 7.32. The van der Waals surface area contributed by atoms with E-state index >= 15 is 0 Å². The van der Waals surface area contributed by atoms with Crippen molar-refractivity contribution in [1.82, 2.24) is 4.98 Å². The van der Waals surface area contributed by atoms with Crippen LogP contribution in [0.1, 0.15) is 30.5 Å². The predicted octanol–water partition coefficient (Wildman–Crippen LogP) is 3.51. The van der Waals surface area contributed by atoms with Gasteiger partial charge in [0.05, 0.1) is 12.1 Å². The van der Waals surface area contributed by atoms with E-state index in [1.165, 1.54) is 12.3 Å². The van der Waals surface area contributed by atoms with Gasteiger partial charge in [0.1, 0.15) is 5.82 Å². The summed E-state index contributed by atoms with van der Waals surface area (Å²) >= 11 is 0. The molecule has 1 aromatic heterocycles. The minimum Gasteiger partial charge on any atom is -0.257 e. The van der Waals surface area contributed by atoms with Crippen molar-refractivity contribution >= 4 is 0 Å². The van der Waals surface area contributed by atoms with E-state index in [0.717, 1.165) is 0 Å². The van der Waals surface area contributed by atoms with E-state index in [4.69, 9.17) is 0 Å². The number of pyridine rings is 1. The van der Waals surface area contributed by atoms with E-state index in [1.54, 1.807) is 6.92 Å². The Kier molecular flexibility index (Phi) is 2.44. The molecule has 0 aliphatic heterocycles. The molecule has 1 heterocycles. The molecular weight excluding hydrogens is 222 g/mol. The average molecular weight is 233 g/mol. The molecule has 1 fully saturated rings. The molecule has 5 heteroatoms. The lowest BCUT2D eigenvalue weighted by molar-refractivity contribution is -0.141. The number of aryl methyl sites for hydroxylation is 1. The van der Waals surface area contributed by atoms with Crippen LogP contribution in [-0.4, -0.2) is 11.2 Å². The Morgan fingerprint density at radius 1 is 1.38 bits per heavy atom. The number of halogens is 4. The van der Waals surface area contributed by atoms with Crippen LogP contribution < -0.4 is 0 Å². The van der Waals surface area contributed by atoms with Crippen LogP contribution in [0.4, 0.5) is 17.6 Å². The number of alkyl halides is 3. The SMILES string of the molecule is Cc1cnc(C2(CC(F)(F)F)CC2)c(F)c1. The Hall–Kier alpha value is -1.13. The number of hydrogen-bond acceptors (Lipinski definition) is 1. The average Bonchev–Trinajstić information content (AvgIpc) is 2.81. The molecule has 0 N–H and O–H groups in total. The first kappa shape index (κ1) is 11.4. The molecule has 0 amide bonds. The number of rotatable bonds is 2. The first-order valence-electron chi connectivity index (χ1n) is 5.02. The van der Waals surface area contributed by atoms with Crippen molar-refractivity contribution in [3.8, 4) is 0 Å². The van der Waals surface area contributed by atoms with Gasteiger partial charge >= 0.3 is 6.18 Å². The Labute approximate surface area is 90.5 Å². The van der Waals surface area contributed by atoms with Gasteiger partial charge in [-0.1, -0.05) is 0 Å². The maximum atomic E-state index is 13.5. The predicted molar refractivity (Wildman–Crippen MR) is 50.5 cm³/mol. The van der Waals surface area contributed by atoms with Gasteiger partial charge in [0, 0.05) is 11.6 Å². The Balaban J connectivity index is 2.30. The van der Waals surface area contributed by atoms with Crippen LogP contribution in [0.3, 0.4) is 0 Å². The van der Waals surface area contributed by atoms with E-state index in [2.05, 4.69) is 4.98 Å². The van der Waals surface area contributed by atoms with E-state index < -0.39 is 23.8 Å². The molecule has 1 saturated carbocycles. The van der Waals surface area contributed by atoms with Crippen LogP contribution in [0.5, 0.6) is 0 Å². The summed E-state index contributed by atoms with van der Waals surface area (Å²) in [6, 6.07) is 1.23. The van der Waals surface area contributed by atoms with Gasteiger partial charge < -0.3 is 0 Å². The third-order valence-corrected chi connectivity index (χ3v) is 2.87. The topological polar surface area (TPSA) is 12.9 Å². The summed E-state index contributed by atoms with van der Waals surface area (Å²) in [5.41, 5.74) is -0.518. The van der Waals surface area contributed by atoms with Crippen molar-refractivity contribution in [2.45, 2.75) is 37.8 Å². The number of aromatic nitrogens is 1. The zero-order valence-electron chi connectivity index (χ0n) is 8.74. The van der Waals surface area contributed by atoms with Crippen molar-refractivity contribution in [3.05, 3.63) is 29.3 Å². The van der Waals surface area contributed by atoms with E-state index in [0.29, 0.717) is 18.4 Å². The fourth-order valence-corrected chi connectivity index (χ4v) is 1.96. The van der Waals surface area contributed by atoms with Gasteiger partial charge in [0.2, 0.25) is 0 Å². The van der Waals surface area contributed by atoms with Crippen LogP contribution in [0, 0.1) is 12.7 Å². The zero-order valence-corrected chi connectivity index (χ0v) is 8.74. The van der Waals surface area contributed by atoms with Gasteiger partial charge in [0.15, 0.2) is 0 Å². The molecule has 1 aliphatic rings. The summed E-state index contributed by atoms with van der Waals surface area (Å²) in [4.78, 5) is 3.82. The summed E-state index contributed by atoms with van der Waals surface area (Å²) in [5.74, 6) is -0.623. The maximum Gasteiger partial charge on any atom is 0.390 e. The molecule has 0 saturated heterocycles. The van der Waals surface area contributed by atoms with E-state index in [-0.39, 0.29) is 5.69 Å². The lowest BCUT2D eigenvalue weighted by Crippen LogP contribution is -2.21. The highest BCUT2D eigenvalue weighted by molar-refractivity contribution is 5.28. The monoisotopic (exact) mass is 233 g/mol. The summed E-state index contributed by atoms with van der Waals surface area (Å²) in [6.07, 6.45) is -3.11. The third-order valence-electron chi connectivity index (χ3n) is 2.87. The van der Waals surface area contributed by atoms with Crippen molar-refractivity contribution in [1.29, 1.82) is 0 Å². The Bertz CT molecular complexity index is 407. The Morgan fingerprint density at radius 2 is 2.00 bits per heavy atom. The molecule has 0 radical (unpaired) electrons. The maximum absolute atomic E-state index is 13.5. The zero-order chi connectivity index (χ0) is 12.0. The van der Waals surface area contributed by atoms with E-state index in [9.17, 15) is 17.6 Å². The molecule has 0 unspecified atom stereocenters. The largest absolute Gasteiger partial charge is 0.390 e. The van der Waals surface area contributed by atoms with Crippen LogP contribution in [0.2, 0.25) is 0 Å². The third kappa shape index (κ3) is 2.18. The number of nitrogens with zero attached hydrogens (tertiary/aromatic N) is 1. The second-order valence-electron chi connectivity index (χ2n) is 4.42. The molecule has 0 atom stereocenters. The van der Waals surface area contributed by atoms with Crippen LogP contribution in [-0.2, 0) is 5.41 Å². The summed E-state index contributed by atoms with van der Waals surface area (Å²) in [6.45, 7) is 1.66. The quantitative estimate of drug-likeness (QED) is 0.712. The van der Waals surface area contributed by atoms with Crippen molar-refractivity contribution < 1.29 is 17.6 Å². The highest BCUT2D eigenvalue weighted by Crippen LogP contribution is 2.54. The van der Waals surface area contributed by atoms with Crippen LogP contribution in [0.15, 0.2) is 12.3 Å². The van der Waals surface area contributed by atoms with Gasteiger partial charge in [-0.15, -0.1) is 0 Å². The highest BCUT2D eigenvalue weighted by Gasteiger charge is 2.54. The highest BCUT2D eigenvalue weighted by atomic mass is 19.4. The van der Waals surface area contributed by atoms with Crippen LogP contribution >= 0.6 is 0 Å². The molecule has 16 heavy (non-hydrogen) atoms. The van der Waals surface area contributed by atoms with Crippen molar-refractivity contribution in [3.63, 3.8) is 0 Å². The van der Waals surface area contributed by atoms with Crippen LogP contribution in [0.25, 0.3) is 0 Å². The molecule has 1 nitrogen and oxygen atoms in total. The molecule has 0 spiro atoms. The molecule has 2 rings (SSSR count). The number of hydrogen-bond donors (Lipinski definition) is 0. The minimum atomic E-state index is -4.27. The molecule has 0 bridgehead atoms. The van der Waals surface area contributed by atoms with Gasteiger partial charge in [-0.3, -0.25) is 4.98 Å². The molecule has 0 aromatic carbocycles.